The van der Waals surface area contributed by atoms with Crippen LogP contribution < -0.4 is 0 Å². The molecule has 132 valence electrons. The zero-order valence-electron chi connectivity index (χ0n) is 14.9. The van der Waals surface area contributed by atoms with Crippen LogP contribution in [-0.4, -0.2) is 22.7 Å². The number of fused-ring (bicyclic) bond motifs is 1. The van der Waals surface area contributed by atoms with Crippen molar-refractivity contribution in [3.05, 3.63) is 30.1 Å². The van der Waals surface area contributed by atoms with E-state index >= 15 is 0 Å². The molecule has 3 heteroatoms. The normalized spacial score (nSPS) is 17.8. The Kier molecular flexibility index (Phi) is 7.15. The largest absolute Gasteiger partial charge is 0.378 e. The van der Waals surface area contributed by atoms with E-state index < -0.39 is 0 Å². The van der Waals surface area contributed by atoms with Crippen molar-refractivity contribution in [3.8, 4) is 0 Å². The van der Waals surface area contributed by atoms with Crippen molar-refractivity contribution in [2.45, 2.75) is 83.2 Å². The Morgan fingerprint density at radius 2 is 1.71 bits per heavy atom. The number of aromatic amines is 1. The zero-order valence-corrected chi connectivity index (χ0v) is 14.9. The van der Waals surface area contributed by atoms with Gasteiger partial charge in [0, 0.05) is 13.0 Å². The molecule has 3 nitrogen and oxygen atoms in total. The summed E-state index contributed by atoms with van der Waals surface area (Å²) in [5, 5.41) is 0. The molecule has 24 heavy (non-hydrogen) atoms. The monoisotopic (exact) mass is 328 g/mol. The molecule has 1 saturated heterocycles. The van der Waals surface area contributed by atoms with Gasteiger partial charge in [0.25, 0.3) is 0 Å². The van der Waals surface area contributed by atoms with Crippen molar-refractivity contribution >= 4 is 11.0 Å². The highest BCUT2D eigenvalue weighted by Crippen LogP contribution is 2.19. The fourth-order valence-corrected chi connectivity index (χ4v) is 3.72. The molecule has 0 amide bonds. The quantitative estimate of drug-likeness (QED) is 0.530. The van der Waals surface area contributed by atoms with Crippen LogP contribution in [0.15, 0.2) is 24.3 Å². The van der Waals surface area contributed by atoms with Gasteiger partial charge in [0.15, 0.2) is 0 Å². The molecule has 3 rings (SSSR count). The van der Waals surface area contributed by atoms with E-state index in [4.69, 9.17) is 4.74 Å². The number of H-pyrrole nitrogens is 1. The van der Waals surface area contributed by atoms with Crippen LogP contribution in [0.5, 0.6) is 0 Å². The first-order valence-electron chi connectivity index (χ1n) is 9.97. The zero-order chi connectivity index (χ0) is 16.5. The molecular weight excluding hydrogens is 296 g/mol. The molecule has 1 aromatic carbocycles. The topological polar surface area (TPSA) is 37.9 Å². The molecule has 0 spiro atoms. The lowest BCUT2D eigenvalue weighted by molar-refractivity contribution is 0.102. The minimum atomic E-state index is 0.586. The molecule has 1 aromatic heterocycles. The third-order valence-electron chi connectivity index (χ3n) is 5.15. The summed E-state index contributed by atoms with van der Waals surface area (Å²) in [4.78, 5) is 8.07. The van der Waals surface area contributed by atoms with E-state index in [-0.39, 0.29) is 0 Å². The van der Waals surface area contributed by atoms with Gasteiger partial charge in [-0.2, -0.15) is 0 Å². The Labute approximate surface area is 146 Å². The third kappa shape index (κ3) is 5.62. The first-order valence-corrected chi connectivity index (χ1v) is 9.97. The molecule has 1 aliphatic heterocycles. The molecular formula is C21H32N2O. The Balaban J connectivity index is 1.16. The molecule has 0 radical (unpaired) electrons. The predicted octanol–water partition coefficient (Wildman–Crippen LogP) is 5.80. The van der Waals surface area contributed by atoms with Crippen molar-refractivity contribution < 1.29 is 4.74 Å². The number of ether oxygens (including phenoxy) is 1. The molecule has 2 aromatic rings. The van der Waals surface area contributed by atoms with Crippen LogP contribution in [0, 0.1) is 0 Å². The number of aryl methyl sites for hydroxylation is 1. The Morgan fingerprint density at radius 1 is 0.958 bits per heavy atom. The standard InChI is InChI=1S/C21H32N2O/c1(3-5-7-12-18-13-11-17-24-18)2-4-6-8-16-21-22-19-14-9-10-15-20(19)23-21/h9-10,14-15,18H,1-8,11-13,16-17H2,(H,22,23)/t18-/m0/s1. The summed E-state index contributed by atoms with van der Waals surface area (Å²) in [6.45, 7) is 0.999. The van der Waals surface area contributed by atoms with Gasteiger partial charge in [-0.1, -0.05) is 57.1 Å². The van der Waals surface area contributed by atoms with Gasteiger partial charge in [-0.3, -0.25) is 0 Å². The van der Waals surface area contributed by atoms with Crippen LogP contribution in [0.4, 0.5) is 0 Å². The fraction of sp³-hybridized carbons (Fsp3) is 0.667. The molecule has 1 atom stereocenters. The lowest BCUT2D eigenvalue weighted by atomic mass is 10.0. The second-order valence-electron chi connectivity index (χ2n) is 7.20. The number of rotatable bonds is 11. The number of nitrogens with zero attached hydrogens (tertiary/aromatic N) is 1. The van der Waals surface area contributed by atoms with Gasteiger partial charge in [-0.25, -0.2) is 4.98 Å². The minimum absolute atomic E-state index is 0.586. The van der Waals surface area contributed by atoms with E-state index in [9.17, 15) is 0 Å². The molecule has 1 fully saturated rings. The highest BCUT2D eigenvalue weighted by molar-refractivity contribution is 5.74. The van der Waals surface area contributed by atoms with Crippen LogP contribution in [0.3, 0.4) is 0 Å². The maximum atomic E-state index is 5.67. The average molecular weight is 329 g/mol. The summed E-state index contributed by atoms with van der Waals surface area (Å²) < 4.78 is 5.67. The Bertz CT molecular complexity index is 553. The van der Waals surface area contributed by atoms with E-state index in [2.05, 4.69) is 28.2 Å². The summed E-state index contributed by atoms with van der Waals surface area (Å²) in [5.74, 6) is 1.14. The molecule has 0 unspecified atom stereocenters. The lowest BCUT2D eigenvalue weighted by Crippen LogP contribution is -2.03. The number of nitrogens with one attached hydrogen (secondary N) is 1. The van der Waals surface area contributed by atoms with E-state index in [1.807, 2.05) is 6.07 Å². The van der Waals surface area contributed by atoms with Gasteiger partial charge < -0.3 is 9.72 Å². The SMILES string of the molecule is c1ccc2[nH]c(CCCCCCCCCC[C@H]3CCCO3)nc2c1. The van der Waals surface area contributed by atoms with Gasteiger partial charge in [-0.05, 0) is 37.8 Å². The Hall–Kier alpha value is -1.35. The smallest absolute Gasteiger partial charge is 0.107 e. The van der Waals surface area contributed by atoms with Crippen LogP contribution in [0.1, 0.15) is 76.5 Å². The Morgan fingerprint density at radius 3 is 2.46 bits per heavy atom. The molecule has 2 heterocycles. The molecule has 0 saturated carbocycles. The molecule has 0 bridgehead atoms. The lowest BCUT2D eigenvalue weighted by Gasteiger charge is -2.08. The summed E-state index contributed by atoms with van der Waals surface area (Å²) in [5.41, 5.74) is 2.26. The second kappa shape index (κ2) is 9.83. The predicted molar refractivity (Wildman–Crippen MR) is 100 cm³/mol. The second-order valence-corrected chi connectivity index (χ2v) is 7.20. The molecule has 0 aliphatic carbocycles. The fourth-order valence-electron chi connectivity index (χ4n) is 3.72. The van der Waals surface area contributed by atoms with Crippen LogP contribution >= 0.6 is 0 Å². The van der Waals surface area contributed by atoms with Crippen LogP contribution in [0.2, 0.25) is 0 Å². The van der Waals surface area contributed by atoms with E-state index in [1.54, 1.807) is 0 Å². The van der Waals surface area contributed by atoms with Gasteiger partial charge in [-0.15, -0.1) is 0 Å². The number of hydrogen-bond donors (Lipinski definition) is 1. The van der Waals surface area contributed by atoms with Crippen molar-refractivity contribution in [2.24, 2.45) is 0 Å². The van der Waals surface area contributed by atoms with E-state index in [0.29, 0.717) is 6.10 Å². The van der Waals surface area contributed by atoms with Crippen molar-refractivity contribution in [2.75, 3.05) is 6.61 Å². The first-order chi connectivity index (χ1) is 11.9. The molecule has 1 N–H and O–H groups in total. The minimum Gasteiger partial charge on any atom is -0.378 e. The number of benzene rings is 1. The first kappa shape index (κ1) is 17.5. The number of aromatic nitrogens is 2. The number of unbranched alkanes of at least 4 members (excludes halogenated alkanes) is 7. The highest BCUT2D eigenvalue weighted by atomic mass is 16.5. The number of para-hydroxylation sites is 2. The van der Waals surface area contributed by atoms with Gasteiger partial charge in [0.05, 0.1) is 17.1 Å². The summed E-state index contributed by atoms with van der Waals surface area (Å²) in [6, 6.07) is 8.29. The van der Waals surface area contributed by atoms with Gasteiger partial charge in [0.1, 0.15) is 5.82 Å². The third-order valence-corrected chi connectivity index (χ3v) is 5.15. The van der Waals surface area contributed by atoms with Crippen molar-refractivity contribution in [3.63, 3.8) is 0 Å². The maximum Gasteiger partial charge on any atom is 0.107 e. The van der Waals surface area contributed by atoms with Crippen LogP contribution in [0.25, 0.3) is 11.0 Å². The average Bonchev–Trinajstić information content (AvgIpc) is 3.25. The molecule has 1 aliphatic rings. The van der Waals surface area contributed by atoms with Gasteiger partial charge >= 0.3 is 0 Å². The summed E-state index contributed by atoms with van der Waals surface area (Å²) in [7, 11) is 0. The van der Waals surface area contributed by atoms with Crippen molar-refractivity contribution in [1.82, 2.24) is 9.97 Å². The number of hydrogen-bond acceptors (Lipinski definition) is 2. The van der Waals surface area contributed by atoms with E-state index in [1.165, 1.54) is 70.6 Å². The van der Waals surface area contributed by atoms with Crippen molar-refractivity contribution in [1.29, 1.82) is 0 Å². The van der Waals surface area contributed by atoms with Gasteiger partial charge in [0.2, 0.25) is 0 Å². The summed E-state index contributed by atoms with van der Waals surface area (Å²) >= 11 is 0. The summed E-state index contributed by atoms with van der Waals surface area (Å²) in [6.07, 6.45) is 16.4. The number of imidazole rings is 1. The maximum absolute atomic E-state index is 5.67. The van der Waals surface area contributed by atoms with Crippen LogP contribution in [-0.2, 0) is 11.2 Å². The van der Waals surface area contributed by atoms with E-state index in [0.717, 1.165) is 29.9 Å². The highest BCUT2D eigenvalue weighted by Gasteiger charge is 2.14.